The molecule has 1 amide bonds. The first-order chi connectivity index (χ1) is 17.1. The van der Waals surface area contributed by atoms with E-state index in [9.17, 15) is 4.79 Å². The van der Waals surface area contributed by atoms with E-state index in [2.05, 4.69) is 40.2 Å². The molecule has 0 bridgehead atoms. The van der Waals surface area contributed by atoms with Crippen LogP contribution in [0.5, 0.6) is 5.75 Å². The van der Waals surface area contributed by atoms with Gasteiger partial charge in [-0.2, -0.15) is 0 Å². The number of pyridine rings is 1. The van der Waals surface area contributed by atoms with Crippen molar-refractivity contribution in [1.82, 2.24) is 24.8 Å². The zero-order valence-corrected chi connectivity index (χ0v) is 20.8. The molecule has 35 heavy (non-hydrogen) atoms. The van der Waals surface area contributed by atoms with Crippen LogP contribution in [-0.2, 0) is 11.2 Å². The molecule has 8 heteroatoms. The van der Waals surface area contributed by atoms with E-state index in [0.717, 1.165) is 61.4 Å². The van der Waals surface area contributed by atoms with Crippen molar-refractivity contribution in [3.63, 3.8) is 0 Å². The maximum absolute atomic E-state index is 12.8. The molecular weight excluding hydrogens is 440 g/mol. The average Bonchev–Trinajstić information content (AvgIpc) is 2.89. The number of piperazine rings is 1. The summed E-state index contributed by atoms with van der Waals surface area (Å²) in [5.74, 6) is 1.52. The van der Waals surface area contributed by atoms with Gasteiger partial charge in [0.1, 0.15) is 11.6 Å². The Morgan fingerprint density at radius 3 is 2.66 bits per heavy atom. The van der Waals surface area contributed by atoms with Gasteiger partial charge in [-0.25, -0.2) is 4.98 Å². The van der Waals surface area contributed by atoms with Crippen molar-refractivity contribution in [3.8, 4) is 17.0 Å². The molecule has 1 N–H and O–H groups in total. The molecule has 3 heterocycles. The highest BCUT2D eigenvalue weighted by Crippen LogP contribution is 2.28. The third-order valence-corrected chi connectivity index (χ3v) is 6.40. The maximum atomic E-state index is 12.8. The van der Waals surface area contributed by atoms with Crippen molar-refractivity contribution in [3.05, 3.63) is 66.2 Å². The van der Waals surface area contributed by atoms with Gasteiger partial charge in [-0.1, -0.05) is 31.5 Å². The molecule has 8 nitrogen and oxygen atoms in total. The number of methoxy groups -OCH3 is 1. The minimum Gasteiger partial charge on any atom is -0.496 e. The summed E-state index contributed by atoms with van der Waals surface area (Å²) < 4.78 is 5.65. The van der Waals surface area contributed by atoms with Gasteiger partial charge < -0.3 is 19.9 Å². The Hall–Kier alpha value is -3.52. The second-order valence-electron chi connectivity index (χ2n) is 8.95. The first kappa shape index (κ1) is 24.6. The number of ether oxygens (including phenoxy) is 1. The van der Waals surface area contributed by atoms with E-state index in [4.69, 9.17) is 9.72 Å². The van der Waals surface area contributed by atoms with Crippen LogP contribution in [0.2, 0.25) is 0 Å². The van der Waals surface area contributed by atoms with Gasteiger partial charge in [-0.05, 0) is 31.2 Å². The molecule has 1 unspecified atom stereocenters. The molecule has 1 aliphatic rings. The zero-order chi connectivity index (χ0) is 24.6. The number of hydrogen-bond acceptors (Lipinski definition) is 7. The molecule has 1 aromatic carbocycles. The highest BCUT2D eigenvalue weighted by molar-refractivity contribution is 5.80. The van der Waals surface area contributed by atoms with Crippen LogP contribution >= 0.6 is 0 Å². The Morgan fingerprint density at radius 1 is 1.11 bits per heavy atom. The molecule has 1 aliphatic heterocycles. The molecule has 184 valence electrons. The van der Waals surface area contributed by atoms with Gasteiger partial charge in [0.15, 0.2) is 0 Å². The zero-order valence-electron chi connectivity index (χ0n) is 20.8. The summed E-state index contributed by atoms with van der Waals surface area (Å²) in [6, 6.07) is 10.0. The second-order valence-corrected chi connectivity index (χ2v) is 8.95. The fraction of sp³-hybridized carbons (Fsp3) is 0.407. The predicted molar refractivity (Wildman–Crippen MR) is 137 cm³/mol. The number of likely N-dealkylation sites (N-methyl/N-ethyl adjacent to an activating group) is 1. The Kier molecular flexibility index (Phi) is 8.26. The van der Waals surface area contributed by atoms with Crippen LogP contribution in [0.25, 0.3) is 11.3 Å². The number of anilines is 1. The SMILES string of the molecule is CCCC(Nc1cncc(-c2ccc(CC(=O)N3CCN(C)CC3)c(OC)c2)n1)c1cccnc1. The van der Waals surface area contributed by atoms with Crippen molar-refractivity contribution in [2.24, 2.45) is 0 Å². The summed E-state index contributed by atoms with van der Waals surface area (Å²) >= 11 is 0. The summed E-state index contributed by atoms with van der Waals surface area (Å²) in [7, 11) is 3.72. The lowest BCUT2D eigenvalue weighted by Gasteiger charge is -2.32. The minimum absolute atomic E-state index is 0.107. The summed E-state index contributed by atoms with van der Waals surface area (Å²) in [6.45, 7) is 5.51. The number of carbonyl (C=O) groups excluding carboxylic acids is 1. The first-order valence-electron chi connectivity index (χ1n) is 12.2. The van der Waals surface area contributed by atoms with Crippen LogP contribution in [0.1, 0.15) is 36.9 Å². The molecule has 4 rings (SSSR count). The predicted octanol–water partition coefficient (Wildman–Crippen LogP) is 3.82. The maximum Gasteiger partial charge on any atom is 0.227 e. The molecule has 0 aliphatic carbocycles. The Bertz CT molecular complexity index is 1120. The average molecular weight is 475 g/mol. The molecule has 2 aromatic heterocycles. The van der Waals surface area contributed by atoms with E-state index in [1.807, 2.05) is 35.4 Å². The van der Waals surface area contributed by atoms with Gasteiger partial charge in [0.2, 0.25) is 5.91 Å². The van der Waals surface area contributed by atoms with Crippen molar-refractivity contribution < 1.29 is 9.53 Å². The van der Waals surface area contributed by atoms with Gasteiger partial charge in [0.05, 0.1) is 37.7 Å². The lowest BCUT2D eigenvalue weighted by Crippen LogP contribution is -2.47. The van der Waals surface area contributed by atoms with Crippen LogP contribution in [0.15, 0.2) is 55.1 Å². The smallest absolute Gasteiger partial charge is 0.227 e. The summed E-state index contributed by atoms with van der Waals surface area (Å²) in [5.41, 5.74) is 3.63. The van der Waals surface area contributed by atoms with E-state index in [0.29, 0.717) is 18.0 Å². The monoisotopic (exact) mass is 474 g/mol. The summed E-state index contributed by atoms with van der Waals surface area (Å²) in [4.78, 5) is 30.5. The Balaban J connectivity index is 1.50. The fourth-order valence-electron chi connectivity index (χ4n) is 4.33. The largest absolute Gasteiger partial charge is 0.496 e. The van der Waals surface area contributed by atoms with E-state index in [1.165, 1.54) is 0 Å². The molecule has 3 aromatic rings. The number of aromatic nitrogens is 3. The van der Waals surface area contributed by atoms with Gasteiger partial charge in [-0.15, -0.1) is 0 Å². The van der Waals surface area contributed by atoms with E-state index >= 15 is 0 Å². The fourth-order valence-corrected chi connectivity index (χ4v) is 4.33. The van der Waals surface area contributed by atoms with Crippen LogP contribution in [0, 0.1) is 0 Å². The van der Waals surface area contributed by atoms with Gasteiger partial charge in [-0.3, -0.25) is 14.8 Å². The first-order valence-corrected chi connectivity index (χ1v) is 12.2. The van der Waals surface area contributed by atoms with Gasteiger partial charge >= 0.3 is 0 Å². The second kappa shape index (κ2) is 11.8. The quantitative estimate of drug-likeness (QED) is 0.505. The summed E-state index contributed by atoms with van der Waals surface area (Å²) in [5, 5.41) is 3.51. The lowest BCUT2D eigenvalue weighted by molar-refractivity contribution is -0.132. The van der Waals surface area contributed by atoms with E-state index < -0.39 is 0 Å². The highest BCUT2D eigenvalue weighted by Gasteiger charge is 2.21. The molecule has 1 atom stereocenters. The summed E-state index contributed by atoms with van der Waals surface area (Å²) in [6.07, 6.45) is 9.47. The van der Waals surface area contributed by atoms with Crippen molar-refractivity contribution >= 4 is 11.7 Å². The molecule has 0 spiro atoms. The molecule has 0 saturated carbocycles. The normalized spacial score (nSPS) is 15.0. The highest BCUT2D eigenvalue weighted by atomic mass is 16.5. The van der Waals surface area contributed by atoms with Crippen LogP contribution in [0.3, 0.4) is 0 Å². The number of benzene rings is 1. The molecule has 0 radical (unpaired) electrons. The third-order valence-electron chi connectivity index (χ3n) is 6.40. The van der Waals surface area contributed by atoms with Crippen LogP contribution in [-0.4, -0.2) is 71.0 Å². The van der Waals surface area contributed by atoms with E-state index in [1.54, 1.807) is 25.7 Å². The molecule has 1 saturated heterocycles. The number of nitrogens with zero attached hydrogens (tertiary/aromatic N) is 5. The minimum atomic E-state index is 0.107. The Labute approximate surface area is 207 Å². The molecule has 1 fully saturated rings. The topological polar surface area (TPSA) is 83.5 Å². The number of hydrogen-bond donors (Lipinski definition) is 1. The lowest BCUT2D eigenvalue weighted by atomic mass is 10.0. The number of nitrogens with one attached hydrogen (secondary N) is 1. The molecular formula is C27H34N6O2. The number of rotatable bonds is 9. The van der Waals surface area contributed by atoms with Gasteiger partial charge in [0, 0.05) is 49.7 Å². The van der Waals surface area contributed by atoms with Crippen LogP contribution < -0.4 is 10.1 Å². The van der Waals surface area contributed by atoms with Crippen LogP contribution in [0.4, 0.5) is 5.82 Å². The van der Waals surface area contributed by atoms with E-state index in [-0.39, 0.29) is 11.9 Å². The Morgan fingerprint density at radius 2 is 1.94 bits per heavy atom. The van der Waals surface area contributed by atoms with Crippen molar-refractivity contribution in [1.29, 1.82) is 0 Å². The third kappa shape index (κ3) is 6.33. The number of amides is 1. The number of carbonyl (C=O) groups is 1. The standard InChI is InChI=1S/C27H34N6O2/c1-4-6-23(22-7-5-10-28-17-22)30-26-19-29-18-24(31-26)20-8-9-21(25(15-20)35-3)16-27(34)33-13-11-32(2)12-14-33/h5,7-10,15,17-19,23H,4,6,11-14,16H2,1-3H3,(H,30,31). The van der Waals surface area contributed by atoms with Crippen molar-refractivity contribution in [2.45, 2.75) is 32.2 Å². The van der Waals surface area contributed by atoms with Gasteiger partial charge in [0.25, 0.3) is 0 Å². The van der Waals surface area contributed by atoms with Crippen molar-refractivity contribution in [2.75, 3.05) is 45.7 Å².